The van der Waals surface area contributed by atoms with Crippen LogP contribution in [0.2, 0.25) is 5.02 Å². The zero-order valence-corrected chi connectivity index (χ0v) is 11.8. The number of carbonyl (C=O) groups is 1. The van der Waals surface area contributed by atoms with Gasteiger partial charge >= 0.3 is 0 Å². The highest BCUT2D eigenvalue weighted by Crippen LogP contribution is 2.36. The molecule has 2 rings (SSSR count). The molecule has 0 amide bonds. The van der Waals surface area contributed by atoms with Gasteiger partial charge < -0.3 is 9.47 Å². The quantitative estimate of drug-likeness (QED) is 0.767. The maximum atomic E-state index is 10.8. The summed E-state index contributed by atoms with van der Waals surface area (Å²) in [4.78, 5) is 15.0. The van der Waals surface area contributed by atoms with Crippen molar-refractivity contribution in [1.82, 2.24) is 4.98 Å². The van der Waals surface area contributed by atoms with Crippen LogP contribution in [0.4, 0.5) is 0 Å². The van der Waals surface area contributed by atoms with E-state index in [0.29, 0.717) is 41.4 Å². The van der Waals surface area contributed by atoms with E-state index in [9.17, 15) is 4.79 Å². The highest BCUT2D eigenvalue weighted by molar-refractivity contribution is 6.32. The minimum absolute atomic E-state index is 0.354. The number of hydrogen-bond donors (Lipinski definition) is 0. The third kappa shape index (κ3) is 3.48. The second kappa shape index (κ2) is 6.91. The van der Waals surface area contributed by atoms with E-state index >= 15 is 0 Å². The third-order valence-electron chi connectivity index (χ3n) is 2.72. The molecule has 0 atom stereocenters. The number of aldehydes is 1. The highest BCUT2D eigenvalue weighted by Gasteiger charge is 2.11. The van der Waals surface area contributed by atoms with Crippen molar-refractivity contribution in [3.05, 3.63) is 52.8 Å². The molecule has 0 fully saturated rings. The van der Waals surface area contributed by atoms with Gasteiger partial charge in [0.2, 0.25) is 0 Å². The van der Waals surface area contributed by atoms with Gasteiger partial charge in [-0.2, -0.15) is 0 Å². The van der Waals surface area contributed by atoms with Crippen LogP contribution in [0.3, 0.4) is 0 Å². The molecule has 2 aromatic rings. The van der Waals surface area contributed by atoms with Gasteiger partial charge in [-0.15, -0.1) is 0 Å². The van der Waals surface area contributed by atoms with Crippen molar-refractivity contribution in [1.29, 1.82) is 0 Å². The SMILES string of the molecule is COc1cc(C=O)cc(Cl)c1OCCc1ccccn1. The summed E-state index contributed by atoms with van der Waals surface area (Å²) in [5, 5.41) is 0.354. The predicted octanol–water partition coefficient (Wildman–Crippen LogP) is 3.18. The van der Waals surface area contributed by atoms with E-state index in [1.807, 2.05) is 18.2 Å². The molecule has 1 aromatic heterocycles. The molecule has 1 aromatic carbocycles. The number of ether oxygens (including phenoxy) is 2. The molecule has 104 valence electrons. The van der Waals surface area contributed by atoms with Gasteiger partial charge in [0.15, 0.2) is 11.5 Å². The number of aromatic nitrogens is 1. The molecule has 0 saturated carbocycles. The van der Waals surface area contributed by atoms with E-state index in [2.05, 4.69) is 4.98 Å². The van der Waals surface area contributed by atoms with Crippen molar-refractivity contribution < 1.29 is 14.3 Å². The van der Waals surface area contributed by atoms with Crippen LogP contribution in [0.25, 0.3) is 0 Å². The van der Waals surface area contributed by atoms with Gasteiger partial charge in [-0.05, 0) is 24.3 Å². The molecule has 0 aliphatic carbocycles. The van der Waals surface area contributed by atoms with Gasteiger partial charge in [-0.3, -0.25) is 9.78 Å². The van der Waals surface area contributed by atoms with Gasteiger partial charge in [0, 0.05) is 23.9 Å². The maximum Gasteiger partial charge on any atom is 0.179 e. The fourth-order valence-corrected chi connectivity index (χ4v) is 2.03. The van der Waals surface area contributed by atoms with Crippen LogP contribution in [0.15, 0.2) is 36.5 Å². The summed E-state index contributed by atoms with van der Waals surface area (Å²) in [6.07, 6.45) is 3.11. The number of methoxy groups -OCH3 is 1. The Morgan fingerprint density at radius 1 is 1.35 bits per heavy atom. The highest BCUT2D eigenvalue weighted by atomic mass is 35.5. The fourth-order valence-electron chi connectivity index (χ4n) is 1.75. The lowest BCUT2D eigenvalue weighted by atomic mass is 10.2. The Morgan fingerprint density at radius 3 is 2.85 bits per heavy atom. The molecular formula is C15H14ClNO3. The van der Waals surface area contributed by atoms with E-state index in [1.54, 1.807) is 18.3 Å². The van der Waals surface area contributed by atoms with Crippen LogP contribution in [0.5, 0.6) is 11.5 Å². The molecule has 0 saturated heterocycles. The Hall–Kier alpha value is -2.07. The number of benzene rings is 1. The lowest BCUT2D eigenvalue weighted by Gasteiger charge is -2.12. The first-order chi connectivity index (χ1) is 9.74. The minimum Gasteiger partial charge on any atom is -0.493 e. The first-order valence-electron chi connectivity index (χ1n) is 6.10. The number of carbonyl (C=O) groups excluding carboxylic acids is 1. The van der Waals surface area contributed by atoms with Crippen molar-refractivity contribution in [2.24, 2.45) is 0 Å². The Morgan fingerprint density at radius 2 is 2.20 bits per heavy atom. The summed E-state index contributed by atoms with van der Waals surface area (Å²) in [5.74, 6) is 0.885. The Kier molecular flexibility index (Phi) is 4.96. The van der Waals surface area contributed by atoms with Crippen molar-refractivity contribution in [2.75, 3.05) is 13.7 Å². The van der Waals surface area contributed by atoms with Crippen LogP contribution in [-0.4, -0.2) is 25.0 Å². The van der Waals surface area contributed by atoms with Crippen LogP contribution in [0.1, 0.15) is 16.1 Å². The molecule has 4 nitrogen and oxygen atoms in total. The predicted molar refractivity (Wildman–Crippen MR) is 76.8 cm³/mol. The molecular weight excluding hydrogens is 278 g/mol. The van der Waals surface area contributed by atoms with Gasteiger partial charge in [0.1, 0.15) is 6.29 Å². The summed E-state index contributed by atoms with van der Waals surface area (Å²) < 4.78 is 10.8. The smallest absolute Gasteiger partial charge is 0.179 e. The van der Waals surface area contributed by atoms with Gasteiger partial charge in [-0.25, -0.2) is 0 Å². The summed E-state index contributed by atoms with van der Waals surface area (Å²) in [6, 6.07) is 8.86. The van der Waals surface area contributed by atoms with Crippen LogP contribution in [0, 0.1) is 0 Å². The average molecular weight is 292 g/mol. The lowest BCUT2D eigenvalue weighted by molar-refractivity contribution is 0.112. The summed E-state index contributed by atoms with van der Waals surface area (Å²) in [7, 11) is 1.51. The molecule has 1 heterocycles. The largest absolute Gasteiger partial charge is 0.493 e. The van der Waals surface area contributed by atoms with Crippen molar-refractivity contribution >= 4 is 17.9 Å². The van der Waals surface area contributed by atoms with Crippen LogP contribution >= 0.6 is 11.6 Å². The van der Waals surface area contributed by atoms with Gasteiger partial charge in [0.05, 0.1) is 18.7 Å². The summed E-state index contributed by atoms with van der Waals surface area (Å²) in [5.41, 5.74) is 1.39. The lowest BCUT2D eigenvalue weighted by Crippen LogP contribution is -2.04. The summed E-state index contributed by atoms with van der Waals surface area (Å²) in [6.45, 7) is 0.424. The molecule has 0 aliphatic rings. The minimum atomic E-state index is 0.354. The normalized spacial score (nSPS) is 10.1. The average Bonchev–Trinajstić information content (AvgIpc) is 2.49. The topological polar surface area (TPSA) is 48.4 Å². The Labute approximate surface area is 122 Å². The molecule has 0 aliphatic heterocycles. The fraction of sp³-hybridized carbons (Fsp3) is 0.200. The van der Waals surface area contributed by atoms with E-state index in [4.69, 9.17) is 21.1 Å². The maximum absolute atomic E-state index is 10.8. The molecule has 20 heavy (non-hydrogen) atoms. The van der Waals surface area contributed by atoms with E-state index in [0.717, 1.165) is 5.69 Å². The van der Waals surface area contributed by atoms with Crippen LogP contribution in [-0.2, 0) is 6.42 Å². The van der Waals surface area contributed by atoms with E-state index < -0.39 is 0 Å². The molecule has 0 N–H and O–H groups in total. The van der Waals surface area contributed by atoms with Crippen LogP contribution < -0.4 is 9.47 Å². The number of hydrogen-bond acceptors (Lipinski definition) is 4. The van der Waals surface area contributed by atoms with Crippen molar-refractivity contribution in [3.63, 3.8) is 0 Å². The molecule has 0 unspecified atom stereocenters. The van der Waals surface area contributed by atoms with Crippen molar-refractivity contribution in [3.8, 4) is 11.5 Å². The zero-order chi connectivity index (χ0) is 14.4. The second-order valence-corrected chi connectivity index (χ2v) is 4.48. The summed E-state index contributed by atoms with van der Waals surface area (Å²) >= 11 is 6.09. The third-order valence-corrected chi connectivity index (χ3v) is 3.00. The zero-order valence-electron chi connectivity index (χ0n) is 11.0. The second-order valence-electron chi connectivity index (χ2n) is 4.07. The Bertz CT molecular complexity index is 587. The number of rotatable bonds is 6. The van der Waals surface area contributed by atoms with Gasteiger partial charge in [-0.1, -0.05) is 17.7 Å². The van der Waals surface area contributed by atoms with E-state index in [1.165, 1.54) is 7.11 Å². The monoisotopic (exact) mass is 291 g/mol. The molecule has 5 heteroatoms. The first-order valence-corrected chi connectivity index (χ1v) is 6.48. The van der Waals surface area contributed by atoms with Crippen molar-refractivity contribution in [2.45, 2.75) is 6.42 Å². The number of halogens is 1. The Balaban J connectivity index is 2.07. The number of pyridine rings is 1. The number of nitrogens with zero attached hydrogens (tertiary/aromatic N) is 1. The molecule has 0 radical (unpaired) electrons. The molecule has 0 bridgehead atoms. The van der Waals surface area contributed by atoms with E-state index in [-0.39, 0.29) is 0 Å². The first kappa shape index (κ1) is 14.3. The standard InChI is InChI=1S/C15H14ClNO3/c1-19-14-9-11(10-18)8-13(16)15(14)20-7-5-12-4-2-3-6-17-12/h2-4,6,8-10H,5,7H2,1H3. The van der Waals surface area contributed by atoms with Gasteiger partial charge in [0.25, 0.3) is 0 Å². The molecule has 0 spiro atoms.